The number of thiocarbonyl (C=S) groups is 1. The van der Waals surface area contributed by atoms with E-state index in [9.17, 15) is 9.59 Å². The van der Waals surface area contributed by atoms with Crippen LogP contribution in [0.25, 0.3) is 6.08 Å². The topological polar surface area (TPSA) is 76.1 Å². The van der Waals surface area contributed by atoms with Gasteiger partial charge in [-0.3, -0.25) is 9.69 Å². The van der Waals surface area contributed by atoms with Crippen molar-refractivity contribution >= 4 is 51.9 Å². The highest BCUT2D eigenvalue weighted by Gasteiger charge is 2.34. The first-order valence-corrected chi connectivity index (χ1v) is 10.1. The van der Waals surface area contributed by atoms with Crippen molar-refractivity contribution in [2.24, 2.45) is 0 Å². The average molecular weight is 430 g/mol. The van der Waals surface area contributed by atoms with E-state index in [1.54, 1.807) is 50.4 Å². The number of aliphatic carboxylic acids is 1. The first-order chi connectivity index (χ1) is 13.9. The summed E-state index contributed by atoms with van der Waals surface area (Å²) in [5, 5.41) is 9.16. The Bertz CT molecular complexity index is 989. The predicted molar refractivity (Wildman–Crippen MR) is 117 cm³/mol. The summed E-state index contributed by atoms with van der Waals surface area (Å²) in [7, 11) is 1.54. The first kappa shape index (κ1) is 20.9. The summed E-state index contributed by atoms with van der Waals surface area (Å²) in [6.45, 7) is 1.74. The van der Waals surface area contributed by atoms with Gasteiger partial charge in [-0.2, -0.15) is 0 Å². The molecule has 1 amide bonds. The maximum Gasteiger partial charge on any atom is 0.344 e. The molecule has 1 saturated heterocycles. The molecule has 150 valence electrons. The van der Waals surface area contributed by atoms with E-state index in [1.165, 1.54) is 16.7 Å². The second kappa shape index (κ2) is 9.11. The van der Waals surface area contributed by atoms with Crippen molar-refractivity contribution in [1.29, 1.82) is 0 Å². The largest absolute Gasteiger partial charge is 0.495 e. The summed E-state index contributed by atoms with van der Waals surface area (Å²) in [5.74, 6) is -0.281. The molecule has 29 heavy (non-hydrogen) atoms. The molecule has 0 radical (unpaired) electrons. The summed E-state index contributed by atoms with van der Waals surface area (Å²) < 4.78 is 11.3. The van der Waals surface area contributed by atoms with Crippen molar-refractivity contribution in [3.05, 3.63) is 59.0 Å². The van der Waals surface area contributed by atoms with Gasteiger partial charge in [-0.25, -0.2) is 4.79 Å². The van der Waals surface area contributed by atoms with E-state index in [-0.39, 0.29) is 5.91 Å². The van der Waals surface area contributed by atoms with E-state index in [1.807, 2.05) is 18.2 Å². The van der Waals surface area contributed by atoms with Gasteiger partial charge in [-0.1, -0.05) is 55.2 Å². The molecule has 1 N–H and O–H groups in total. The number of hydrogen-bond acceptors (Lipinski definition) is 6. The zero-order valence-corrected chi connectivity index (χ0v) is 17.5. The van der Waals surface area contributed by atoms with Crippen LogP contribution in [-0.4, -0.2) is 34.5 Å². The number of carboxylic acid groups (broad SMARTS) is 1. The lowest BCUT2D eigenvalue weighted by molar-refractivity contribution is -0.145. The number of carbonyl (C=O) groups excluding carboxylic acids is 1. The molecule has 1 heterocycles. The zero-order chi connectivity index (χ0) is 21.0. The molecular weight excluding hydrogens is 410 g/mol. The molecule has 0 bridgehead atoms. The molecule has 0 aliphatic carbocycles. The fourth-order valence-corrected chi connectivity index (χ4v) is 4.08. The Labute approximate surface area is 178 Å². The Morgan fingerprint density at radius 2 is 2.03 bits per heavy atom. The second-order valence-electron chi connectivity index (χ2n) is 6.11. The fourth-order valence-electron chi connectivity index (χ4n) is 2.79. The van der Waals surface area contributed by atoms with E-state index >= 15 is 0 Å². The van der Waals surface area contributed by atoms with Gasteiger partial charge in [0.25, 0.3) is 5.91 Å². The van der Waals surface area contributed by atoms with Gasteiger partial charge in [0.2, 0.25) is 0 Å². The summed E-state index contributed by atoms with van der Waals surface area (Å²) in [6, 6.07) is 14.1. The molecule has 1 atom stereocenters. The second-order valence-corrected chi connectivity index (χ2v) is 7.79. The van der Waals surface area contributed by atoms with E-state index in [0.29, 0.717) is 38.4 Å². The van der Waals surface area contributed by atoms with Crippen LogP contribution in [0.4, 0.5) is 5.69 Å². The number of carboxylic acids is 1. The van der Waals surface area contributed by atoms with Gasteiger partial charge in [-0.15, -0.1) is 0 Å². The first-order valence-electron chi connectivity index (χ1n) is 8.85. The smallest absolute Gasteiger partial charge is 0.344 e. The van der Waals surface area contributed by atoms with Crippen molar-refractivity contribution in [1.82, 2.24) is 0 Å². The third-order valence-corrected chi connectivity index (χ3v) is 5.50. The number of amides is 1. The van der Waals surface area contributed by atoms with Crippen LogP contribution in [0, 0.1) is 0 Å². The average Bonchev–Trinajstić information content (AvgIpc) is 2.99. The van der Waals surface area contributed by atoms with Crippen LogP contribution in [0.5, 0.6) is 11.5 Å². The standard InChI is InChI=1S/C21H19NO5S2/c1-3-16(20(24)25)27-14-8-6-7-13(11-14)12-18-19(23)22(21(28)29-18)15-9-4-5-10-17(15)26-2/h4-12,16H,3H2,1-2H3,(H,24,25)/b18-12+. The molecule has 0 spiro atoms. The van der Waals surface area contributed by atoms with Crippen molar-refractivity contribution in [3.63, 3.8) is 0 Å². The van der Waals surface area contributed by atoms with Crippen molar-refractivity contribution in [3.8, 4) is 11.5 Å². The number of thioether (sulfide) groups is 1. The number of benzene rings is 2. The molecule has 1 unspecified atom stereocenters. The quantitative estimate of drug-likeness (QED) is 0.518. The minimum absolute atomic E-state index is 0.243. The SMILES string of the molecule is CCC(Oc1cccc(/C=C2/SC(=S)N(c3ccccc3OC)C2=O)c1)C(=O)O. The summed E-state index contributed by atoms with van der Waals surface area (Å²) >= 11 is 6.61. The lowest BCUT2D eigenvalue weighted by atomic mass is 10.2. The van der Waals surface area contributed by atoms with E-state index in [4.69, 9.17) is 26.8 Å². The Hall–Kier alpha value is -2.84. The van der Waals surface area contributed by atoms with E-state index in [0.717, 1.165) is 0 Å². The lowest BCUT2D eigenvalue weighted by Crippen LogP contribution is -2.27. The van der Waals surface area contributed by atoms with E-state index in [2.05, 4.69) is 0 Å². The lowest BCUT2D eigenvalue weighted by Gasteiger charge is -2.17. The molecule has 6 nitrogen and oxygen atoms in total. The number of nitrogens with zero attached hydrogens (tertiary/aromatic N) is 1. The minimum Gasteiger partial charge on any atom is -0.495 e. The van der Waals surface area contributed by atoms with Crippen LogP contribution in [0.1, 0.15) is 18.9 Å². The van der Waals surface area contributed by atoms with Gasteiger partial charge in [0.1, 0.15) is 11.5 Å². The molecule has 0 aromatic heterocycles. The maximum atomic E-state index is 13.0. The number of rotatable bonds is 7. The predicted octanol–water partition coefficient (Wildman–Crippen LogP) is 4.34. The fraction of sp³-hybridized carbons (Fsp3) is 0.190. The Morgan fingerprint density at radius 1 is 1.28 bits per heavy atom. The van der Waals surface area contributed by atoms with Crippen LogP contribution in [-0.2, 0) is 9.59 Å². The number of hydrogen-bond donors (Lipinski definition) is 1. The molecule has 2 aromatic rings. The van der Waals surface area contributed by atoms with Crippen LogP contribution >= 0.6 is 24.0 Å². The molecule has 2 aromatic carbocycles. The number of ether oxygens (including phenoxy) is 2. The molecule has 8 heteroatoms. The number of methoxy groups -OCH3 is 1. The normalized spacial score (nSPS) is 16.2. The number of para-hydroxylation sites is 2. The van der Waals surface area contributed by atoms with Gasteiger partial charge in [0.05, 0.1) is 17.7 Å². The highest BCUT2D eigenvalue weighted by molar-refractivity contribution is 8.27. The van der Waals surface area contributed by atoms with Gasteiger partial charge in [0.15, 0.2) is 10.4 Å². The van der Waals surface area contributed by atoms with Gasteiger partial charge >= 0.3 is 5.97 Å². The third-order valence-electron chi connectivity index (χ3n) is 4.20. The van der Waals surface area contributed by atoms with Crippen LogP contribution in [0.3, 0.4) is 0 Å². The highest BCUT2D eigenvalue weighted by atomic mass is 32.2. The summed E-state index contributed by atoms with van der Waals surface area (Å²) in [5.41, 5.74) is 1.30. The van der Waals surface area contributed by atoms with Crippen LogP contribution in [0.15, 0.2) is 53.4 Å². The molecule has 1 fully saturated rings. The maximum absolute atomic E-state index is 13.0. The highest BCUT2D eigenvalue weighted by Crippen LogP contribution is 2.39. The van der Waals surface area contributed by atoms with Gasteiger partial charge in [0, 0.05) is 0 Å². The van der Waals surface area contributed by atoms with Gasteiger partial charge in [-0.05, 0) is 42.3 Å². The third kappa shape index (κ3) is 4.60. The van der Waals surface area contributed by atoms with Crippen LogP contribution in [0.2, 0.25) is 0 Å². The van der Waals surface area contributed by atoms with E-state index < -0.39 is 12.1 Å². The minimum atomic E-state index is -1.02. The van der Waals surface area contributed by atoms with Gasteiger partial charge < -0.3 is 14.6 Å². The Morgan fingerprint density at radius 3 is 2.72 bits per heavy atom. The number of anilines is 1. The Balaban J connectivity index is 1.86. The molecule has 0 saturated carbocycles. The van der Waals surface area contributed by atoms with Crippen molar-refractivity contribution < 1.29 is 24.2 Å². The Kier molecular flexibility index (Phi) is 6.56. The van der Waals surface area contributed by atoms with Crippen molar-refractivity contribution in [2.75, 3.05) is 12.0 Å². The molecule has 1 aliphatic rings. The molecular formula is C21H19NO5S2. The van der Waals surface area contributed by atoms with Crippen molar-refractivity contribution in [2.45, 2.75) is 19.4 Å². The summed E-state index contributed by atoms with van der Waals surface area (Å²) in [4.78, 5) is 26.1. The van der Waals surface area contributed by atoms with Crippen LogP contribution < -0.4 is 14.4 Å². The summed E-state index contributed by atoms with van der Waals surface area (Å²) in [6.07, 6.45) is 1.13. The zero-order valence-electron chi connectivity index (χ0n) is 15.8. The monoisotopic (exact) mass is 429 g/mol. The molecule has 1 aliphatic heterocycles. The molecule has 3 rings (SSSR count). The number of carbonyl (C=O) groups is 2.